The Labute approximate surface area is 122 Å². The van der Waals surface area contributed by atoms with E-state index in [0.29, 0.717) is 16.5 Å². The zero-order valence-electron chi connectivity index (χ0n) is 10.5. The molecule has 2 aromatic carbocycles. The molecule has 100 valence electrons. The van der Waals surface area contributed by atoms with Crippen molar-refractivity contribution in [3.8, 4) is 0 Å². The minimum Gasteiger partial charge on any atom is -0.321 e. The van der Waals surface area contributed by atoms with Gasteiger partial charge in [-0.25, -0.2) is 4.39 Å². The molecular weight excluding hydrogens is 284 g/mol. The molecule has 0 heterocycles. The molecule has 0 aliphatic carbocycles. The van der Waals surface area contributed by atoms with Crippen molar-refractivity contribution in [3.63, 3.8) is 0 Å². The topological polar surface area (TPSA) is 26.0 Å². The smallest absolute Gasteiger partial charge is 0.123 e. The van der Waals surface area contributed by atoms with Gasteiger partial charge in [0, 0.05) is 15.6 Å². The first-order valence-corrected chi connectivity index (χ1v) is 6.63. The van der Waals surface area contributed by atoms with Crippen molar-refractivity contribution < 1.29 is 4.39 Å². The van der Waals surface area contributed by atoms with Crippen LogP contribution in [0.4, 0.5) is 4.39 Å². The van der Waals surface area contributed by atoms with Crippen LogP contribution in [0.3, 0.4) is 0 Å². The maximum Gasteiger partial charge on any atom is 0.123 e. The fraction of sp³-hybridized carbons (Fsp3) is 0.200. The van der Waals surface area contributed by atoms with Gasteiger partial charge in [-0.05, 0) is 48.7 Å². The minimum atomic E-state index is -0.620. The van der Waals surface area contributed by atoms with Gasteiger partial charge in [0.2, 0.25) is 0 Å². The summed E-state index contributed by atoms with van der Waals surface area (Å²) in [6, 6.07) is 11.5. The van der Waals surface area contributed by atoms with Crippen LogP contribution in [0, 0.1) is 5.82 Å². The molecule has 4 heteroatoms. The van der Waals surface area contributed by atoms with Crippen LogP contribution >= 0.6 is 23.2 Å². The first kappa shape index (κ1) is 14.3. The Morgan fingerprint density at radius 2 is 1.74 bits per heavy atom. The summed E-state index contributed by atoms with van der Waals surface area (Å²) in [5.41, 5.74) is 7.47. The fourth-order valence-corrected chi connectivity index (χ4v) is 2.47. The lowest BCUT2D eigenvalue weighted by Crippen LogP contribution is -2.35. The van der Waals surface area contributed by atoms with Gasteiger partial charge in [0.15, 0.2) is 0 Å². The van der Waals surface area contributed by atoms with Gasteiger partial charge in [0.1, 0.15) is 5.82 Å². The van der Waals surface area contributed by atoms with Crippen LogP contribution in [0.25, 0.3) is 0 Å². The highest BCUT2D eigenvalue weighted by Gasteiger charge is 2.22. The van der Waals surface area contributed by atoms with E-state index in [9.17, 15) is 4.39 Å². The van der Waals surface area contributed by atoms with Crippen molar-refractivity contribution in [3.05, 3.63) is 69.5 Å². The molecule has 0 amide bonds. The average molecular weight is 298 g/mol. The molecule has 0 saturated heterocycles. The number of rotatable bonds is 3. The lowest BCUT2D eigenvalue weighted by Gasteiger charge is -2.26. The average Bonchev–Trinajstić information content (AvgIpc) is 2.33. The molecule has 1 unspecified atom stereocenters. The van der Waals surface area contributed by atoms with Crippen LogP contribution < -0.4 is 5.73 Å². The quantitative estimate of drug-likeness (QED) is 0.884. The van der Waals surface area contributed by atoms with Gasteiger partial charge in [0.25, 0.3) is 0 Å². The second-order valence-corrected chi connectivity index (χ2v) is 5.68. The van der Waals surface area contributed by atoms with E-state index < -0.39 is 5.54 Å². The lowest BCUT2D eigenvalue weighted by molar-refractivity contribution is 0.490. The monoisotopic (exact) mass is 297 g/mol. The number of halogens is 3. The van der Waals surface area contributed by atoms with Gasteiger partial charge in [-0.2, -0.15) is 0 Å². The second kappa shape index (κ2) is 5.49. The van der Waals surface area contributed by atoms with Gasteiger partial charge >= 0.3 is 0 Å². The Morgan fingerprint density at radius 1 is 1.11 bits per heavy atom. The van der Waals surface area contributed by atoms with E-state index in [2.05, 4.69) is 0 Å². The van der Waals surface area contributed by atoms with Crippen molar-refractivity contribution in [1.82, 2.24) is 0 Å². The second-order valence-electron chi connectivity index (χ2n) is 4.84. The predicted octanol–water partition coefficient (Wildman–Crippen LogP) is 4.55. The first-order chi connectivity index (χ1) is 8.88. The SMILES string of the molecule is CC(N)(Cc1ccc(Cl)cc1Cl)c1ccc(F)cc1. The van der Waals surface area contributed by atoms with E-state index in [1.165, 1.54) is 12.1 Å². The summed E-state index contributed by atoms with van der Waals surface area (Å²) in [6.07, 6.45) is 0.550. The van der Waals surface area contributed by atoms with E-state index >= 15 is 0 Å². The lowest BCUT2D eigenvalue weighted by atomic mass is 9.86. The van der Waals surface area contributed by atoms with Gasteiger partial charge in [-0.1, -0.05) is 41.4 Å². The standard InChI is InChI=1S/C15H14Cl2FN/c1-15(19,11-3-6-13(18)7-4-11)9-10-2-5-12(16)8-14(10)17/h2-8H,9,19H2,1H3. The highest BCUT2D eigenvalue weighted by atomic mass is 35.5. The van der Waals surface area contributed by atoms with E-state index in [1.807, 2.05) is 13.0 Å². The van der Waals surface area contributed by atoms with Crippen molar-refractivity contribution in [2.45, 2.75) is 18.9 Å². The molecule has 0 bridgehead atoms. The third-order valence-corrected chi connectivity index (χ3v) is 3.66. The Morgan fingerprint density at radius 3 is 2.32 bits per heavy atom. The zero-order valence-corrected chi connectivity index (χ0v) is 12.0. The normalized spacial score (nSPS) is 14.2. The largest absolute Gasteiger partial charge is 0.321 e. The Hall–Kier alpha value is -1.09. The molecule has 2 rings (SSSR count). The Balaban J connectivity index is 2.27. The molecule has 0 saturated carbocycles. The molecular formula is C15H14Cl2FN. The molecule has 0 aliphatic rings. The molecule has 0 spiro atoms. The van der Waals surface area contributed by atoms with E-state index in [0.717, 1.165) is 11.1 Å². The number of hydrogen-bond acceptors (Lipinski definition) is 1. The van der Waals surface area contributed by atoms with Gasteiger partial charge < -0.3 is 5.73 Å². The maximum atomic E-state index is 12.9. The summed E-state index contributed by atoms with van der Waals surface area (Å²) in [4.78, 5) is 0. The highest BCUT2D eigenvalue weighted by Crippen LogP contribution is 2.28. The summed E-state index contributed by atoms with van der Waals surface area (Å²) in [5, 5.41) is 1.18. The molecule has 2 aromatic rings. The van der Waals surface area contributed by atoms with Gasteiger partial charge in [-0.15, -0.1) is 0 Å². The molecule has 0 aliphatic heterocycles. The number of benzene rings is 2. The van der Waals surface area contributed by atoms with Crippen LogP contribution in [0.5, 0.6) is 0 Å². The van der Waals surface area contributed by atoms with Crippen molar-refractivity contribution in [2.75, 3.05) is 0 Å². The third-order valence-electron chi connectivity index (χ3n) is 3.08. The highest BCUT2D eigenvalue weighted by molar-refractivity contribution is 6.35. The van der Waals surface area contributed by atoms with Gasteiger partial charge in [-0.3, -0.25) is 0 Å². The first-order valence-electron chi connectivity index (χ1n) is 5.87. The molecule has 19 heavy (non-hydrogen) atoms. The number of nitrogens with two attached hydrogens (primary N) is 1. The predicted molar refractivity (Wildman–Crippen MR) is 78.1 cm³/mol. The molecule has 1 atom stereocenters. The molecule has 0 radical (unpaired) electrons. The molecule has 2 N–H and O–H groups in total. The fourth-order valence-electron chi connectivity index (χ4n) is 1.99. The van der Waals surface area contributed by atoms with Crippen LogP contribution in [0.2, 0.25) is 10.0 Å². The van der Waals surface area contributed by atoms with E-state index in [1.54, 1.807) is 24.3 Å². The summed E-state index contributed by atoms with van der Waals surface area (Å²) in [6.45, 7) is 1.89. The van der Waals surface area contributed by atoms with Crippen molar-refractivity contribution >= 4 is 23.2 Å². The molecule has 1 nitrogen and oxygen atoms in total. The Bertz CT molecular complexity index is 579. The van der Waals surface area contributed by atoms with Crippen molar-refractivity contribution in [1.29, 1.82) is 0 Å². The van der Waals surface area contributed by atoms with E-state index in [-0.39, 0.29) is 5.82 Å². The van der Waals surface area contributed by atoms with Gasteiger partial charge in [0.05, 0.1) is 0 Å². The maximum absolute atomic E-state index is 12.9. The summed E-state index contributed by atoms with van der Waals surface area (Å²) < 4.78 is 12.9. The summed E-state index contributed by atoms with van der Waals surface area (Å²) >= 11 is 12.0. The van der Waals surface area contributed by atoms with Crippen LogP contribution in [0.15, 0.2) is 42.5 Å². The summed E-state index contributed by atoms with van der Waals surface area (Å²) in [7, 11) is 0. The minimum absolute atomic E-state index is 0.274. The zero-order chi connectivity index (χ0) is 14.0. The summed E-state index contributed by atoms with van der Waals surface area (Å²) in [5.74, 6) is -0.274. The van der Waals surface area contributed by atoms with Crippen LogP contribution in [0.1, 0.15) is 18.1 Å². The van der Waals surface area contributed by atoms with Crippen LogP contribution in [-0.2, 0) is 12.0 Å². The Kier molecular flexibility index (Phi) is 4.14. The van der Waals surface area contributed by atoms with E-state index in [4.69, 9.17) is 28.9 Å². The van der Waals surface area contributed by atoms with Crippen molar-refractivity contribution in [2.24, 2.45) is 5.73 Å². The number of hydrogen-bond donors (Lipinski definition) is 1. The molecule has 0 fully saturated rings. The van der Waals surface area contributed by atoms with Crippen LogP contribution in [-0.4, -0.2) is 0 Å². The third kappa shape index (κ3) is 3.47. The molecule has 0 aromatic heterocycles.